The molecule has 0 spiro atoms. The number of nitrogens with zero attached hydrogens (tertiary/aromatic N) is 2. The third-order valence-corrected chi connectivity index (χ3v) is 5.33. The van der Waals surface area contributed by atoms with Gasteiger partial charge in [0.2, 0.25) is 0 Å². The molecule has 0 amide bonds. The summed E-state index contributed by atoms with van der Waals surface area (Å²) in [5.74, 6) is 0.702. The Hall–Kier alpha value is -0.450. The summed E-state index contributed by atoms with van der Waals surface area (Å²) < 4.78 is 0. The summed E-state index contributed by atoms with van der Waals surface area (Å²) in [5.41, 5.74) is 1.22. The van der Waals surface area contributed by atoms with Crippen LogP contribution < -0.4 is 5.32 Å². The van der Waals surface area contributed by atoms with Crippen LogP contribution in [-0.4, -0.2) is 35.6 Å². The number of hydrogen-bond acceptors (Lipinski definition) is 4. The summed E-state index contributed by atoms with van der Waals surface area (Å²) in [6.07, 6.45) is 2.65. The van der Waals surface area contributed by atoms with Crippen molar-refractivity contribution in [1.82, 2.24) is 15.2 Å². The average molecular weight is 295 g/mol. The van der Waals surface area contributed by atoms with Crippen molar-refractivity contribution in [2.24, 2.45) is 5.92 Å². The van der Waals surface area contributed by atoms with Gasteiger partial charge in [-0.2, -0.15) is 0 Å². The molecule has 114 valence electrons. The molecule has 1 N–H and O–H groups in total. The Balaban J connectivity index is 2.09. The van der Waals surface area contributed by atoms with Crippen molar-refractivity contribution in [2.75, 3.05) is 19.6 Å². The van der Waals surface area contributed by atoms with E-state index >= 15 is 0 Å². The SMILES string of the molecule is Cc1nc(C)c(C(C)N(CC(C)C)CC2CCCN2)s1. The van der Waals surface area contributed by atoms with Crippen LogP contribution in [0.2, 0.25) is 0 Å². The van der Waals surface area contributed by atoms with Crippen molar-refractivity contribution in [1.29, 1.82) is 0 Å². The molecular formula is C16H29N3S. The van der Waals surface area contributed by atoms with Crippen LogP contribution in [0.4, 0.5) is 0 Å². The van der Waals surface area contributed by atoms with Crippen LogP contribution >= 0.6 is 11.3 Å². The Morgan fingerprint density at radius 1 is 1.35 bits per heavy atom. The fourth-order valence-electron chi connectivity index (χ4n) is 3.16. The second kappa shape index (κ2) is 7.01. The van der Waals surface area contributed by atoms with Gasteiger partial charge >= 0.3 is 0 Å². The summed E-state index contributed by atoms with van der Waals surface area (Å²) in [4.78, 5) is 8.69. The summed E-state index contributed by atoms with van der Waals surface area (Å²) in [6, 6.07) is 1.15. The van der Waals surface area contributed by atoms with Gasteiger partial charge in [-0.05, 0) is 46.1 Å². The Kier molecular flexibility index (Phi) is 5.58. The summed E-state index contributed by atoms with van der Waals surface area (Å²) in [6.45, 7) is 14.7. The molecule has 1 aromatic heterocycles. The molecule has 2 rings (SSSR count). The van der Waals surface area contributed by atoms with Gasteiger partial charge in [-0.1, -0.05) is 13.8 Å². The zero-order valence-electron chi connectivity index (χ0n) is 13.6. The molecule has 1 aromatic rings. The first kappa shape index (κ1) is 15.9. The predicted molar refractivity (Wildman–Crippen MR) is 87.4 cm³/mol. The number of rotatable bonds is 6. The molecule has 1 saturated heterocycles. The Morgan fingerprint density at radius 2 is 2.10 bits per heavy atom. The zero-order valence-corrected chi connectivity index (χ0v) is 14.4. The minimum absolute atomic E-state index is 0.478. The fourth-order valence-corrected chi connectivity index (χ4v) is 4.17. The smallest absolute Gasteiger partial charge is 0.0900 e. The lowest BCUT2D eigenvalue weighted by atomic mass is 10.1. The maximum atomic E-state index is 4.60. The molecule has 2 unspecified atom stereocenters. The lowest BCUT2D eigenvalue weighted by molar-refractivity contribution is 0.173. The van der Waals surface area contributed by atoms with Crippen molar-refractivity contribution >= 4 is 11.3 Å². The third-order valence-electron chi connectivity index (χ3n) is 4.08. The van der Waals surface area contributed by atoms with Gasteiger partial charge in [0.25, 0.3) is 0 Å². The van der Waals surface area contributed by atoms with Crippen molar-refractivity contribution in [3.63, 3.8) is 0 Å². The first-order valence-electron chi connectivity index (χ1n) is 7.88. The van der Waals surface area contributed by atoms with E-state index in [1.165, 1.54) is 35.0 Å². The molecule has 20 heavy (non-hydrogen) atoms. The number of nitrogens with one attached hydrogen (secondary N) is 1. The molecular weight excluding hydrogens is 266 g/mol. The molecule has 2 atom stereocenters. The van der Waals surface area contributed by atoms with Gasteiger partial charge in [0.1, 0.15) is 0 Å². The minimum atomic E-state index is 0.478. The summed E-state index contributed by atoms with van der Waals surface area (Å²) in [7, 11) is 0. The van der Waals surface area contributed by atoms with Gasteiger partial charge in [-0.25, -0.2) is 4.98 Å². The monoisotopic (exact) mass is 295 g/mol. The largest absolute Gasteiger partial charge is 0.313 e. The highest BCUT2D eigenvalue weighted by Gasteiger charge is 2.25. The number of aryl methyl sites for hydroxylation is 2. The van der Waals surface area contributed by atoms with Gasteiger partial charge in [0, 0.05) is 30.1 Å². The van der Waals surface area contributed by atoms with Gasteiger partial charge in [-0.15, -0.1) is 11.3 Å². The van der Waals surface area contributed by atoms with Gasteiger partial charge in [0.15, 0.2) is 0 Å². The van der Waals surface area contributed by atoms with Crippen LogP contribution in [0.15, 0.2) is 0 Å². The molecule has 0 aromatic carbocycles. The highest BCUT2D eigenvalue weighted by Crippen LogP contribution is 2.30. The van der Waals surface area contributed by atoms with Crippen molar-refractivity contribution in [2.45, 2.75) is 59.5 Å². The number of aromatic nitrogens is 1. The maximum Gasteiger partial charge on any atom is 0.0900 e. The van der Waals surface area contributed by atoms with E-state index in [1.54, 1.807) is 0 Å². The van der Waals surface area contributed by atoms with Gasteiger partial charge < -0.3 is 5.32 Å². The van der Waals surface area contributed by atoms with Crippen LogP contribution in [0.25, 0.3) is 0 Å². The summed E-state index contributed by atoms with van der Waals surface area (Å²) in [5, 5.41) is 4.82. The van der Waals surface area contributed by atoms with Crippen LogP contribution in [0, 0.1) is 19.8 Å². The summed E-state index contributed by atoms with van der Waals surface area (Å²) >= 11 is 1.86. The molecule has 4 heteroatoms. The normalized spacial score (nSPS) is 21.1. The predicted octanol–water partition coefficient (Wildman–Crippen LogP) is 3.53. The molecule has 0 radical (unpaired) electrons. The second-order valence-electron chi connectivity index (χ2n) is 6.50. The topological polar surface area (TPSA) is 28.2 Å². The van der Waals surface area contributed by atoms with Crippen molar-refractivity contribution in [3.8, 4) is 0 Å². The number of hydrogen-bond donors (Lipinski definition) is 1. The first-order chi connectivity index (χ1) is 9.47. The maximum absolute atomic E-state index is 4.60. The van der Waals surface area contributed by atoms with Crippen LogP contribution in [-0.2, 0) is 0 Å². The van der Waals surface area contributed by atoms with Crippen molar-refractivity contribution in [3.05, 3.63) is 15.6 Å². The third kappa shape index (κ3) is 4.03. The zero-order chi connectivity index (χ0) is 14.7. The highest BCUT2D eigenvalue weighted by molar-refractivity contribution is 7.11. The Bertz CT molecular complexity index is 421. The van der Waals surface area contributed by atoms with E-state index in [4.69, 9.17) is 0 Å². The molecule has 1 fully saturated rings. The number of thiazole rings is 1. The van der Waals surface area contributed by atoms with Gasteiger partial charge in [0.05, 0.1) is 10.7 Å². The Morgan fingerprint density at radius 3 is 2.60 bits per heavy atom. The lowest BCUT2D eigenvalue weighted by Gasteiger charge is -2.32. The van der Waals surface area contributed by atoms with E-state index in [2.05, 4.69) is 49.8 Å². The average Bonchev–Trinajstić information content (AvgIpc) is 2.96. The fraction of sp³-hybridized carbons (Fsp3) is 0.812. The molecule has 1 aliphatic heterocycles. The second-order valence-corrected chi connectivity index (χ2v) is 7.73. The quantitative estimate of drug-likeness (QED) is 0.870. The van der Waals surface area contributed by atoms with Gasteiger partial charge in [-0.3, -0.25) is 4.90 Å². The Labute approximate surface area is 127 Å². The highest BCUT2D eigenvalue weighted by atomic mass is 32.1. The molecule has 3 nitrogen and oxygen atoms in total. The molecule has 0 bridgehead atoms. The van der Waals surface area contributed by atoms with Crippen LogP contribution in [0.5, 0.6) is 0 Å². The van der Waals surface area contributed by atoms with Crippen LogP contribution in [0.1, 0.15) is 55.2 Å². The minimum Gasteiger partial charge on any atom is -0.313 e. The molecule has 1 aliphatic rings. The lowest BCUT2D eigenvalue weighted by Crippen LogP contribution is -2.40. The first-order valence-corrected chi connectivity index (χ1v) is 8.70. The van der Waals surface area contributed by atoms with E-state index in [-0.39, 0.29) is 0 Å². The standard InChI is InChI=1S/C16H29N3S/c1-11(2)9-19(10-15-7-6-8-17-15)13(4)16-12(3)18-14(5)20-16/h11,13,15,17H,6-10H2,1-5H3. The molecule has 2 heterocycles. The van der Waals surface area contributed by atoms with E-state index in [0.717, 1.165) is 13.1 Å². The molecule has 0 saturated carbocycles. The van der Waals surface area contributed by atoms with Crippen LogP contribution in [0.3, 0.4) is 0 Å². The molecule has 0 aliphatic carbocycles. The van der Waals surface area contributed by atoms with E-state index < -0.39 is 0 Å². The van der Waals surface area contributed by atoms with E-state index in [1.807, 2.05) is 11.3 Å². The van der Waals surface area contributed by atoms with E-state index in [0.29, 0.717) is 18.0 Å². The van der Waals surface area contributed by atoms with Crippen molar-refractivity contribution < 1.29 is 0 Å². The van der Waals surface area contributed by atoms with E-state index in [9.17, 15) is 0 Å².